The molecule has 8 heteroatoms. The number of unbranched alkanes of at least 4 members (excludes halogenated alkanes) is 4. The summed E-state index contributed by atoms with van der Waals surface area (Å²) >= 11 is 0. The van der Waals surface area contributed by atoms with E-state index in [4.69, 9.17) is 0 Å². The molecule has 1 rings (SSSR count). The van der Waals surface area contributed by atoms with E-state index < -0.39 is 11.8 Å². The summed E-state index contributed by atoms with van der Waals surface area (Å²) in [5.74, 6) is -1.43. The van der Waals surface area contributed by atoms with Crippen LogP contribution in [-0.4, -0.2) is 23.6 Å². The number of hydrogen-bond acceptors (Lipinski definition) is 4. The van der Waals surface area contributed by atoms with E-state index in [9.17, 15) is 19.2 Å². The molecular formula is C20H30N4O4. The third-order valence-electron chi connectivity index (χ3n) is 4.05. The van der Waals surface area contributed by atoms with Gasteiger partial charge in [-0.3, -0.25) is 40.9 Å². The first-order valence-corrected chi connectivity index (χ1v) is 9.76. The maximum Gasteiger partial charge on any atom is 0.269 e. The van der Waals surface area contributed by atoms with Crippen molar-refractivity contribution in [3.05, 3.63) is 35.4 Å². The molecule has 0 aliphatic heterocycles. The van der Waals surface area contributed by atoms with Gasteiger partial charge in [-0.1, -0.05) is 39.5 Å². The lowest BCUT2D eigenvalue weighted by Gasteiger charge is -2.09. The molecule has 0 radical (unpaired) electrons. The summed E-state index contributed by atoms with van der Waals surface area (Å²) in [5, 5.41) is 0. The standard InChI is InChI=1S/C20H30N4O4/c1-3-5-7-9-17(25)21-23-19(27)15-11-13-16(14-12-15)20(28)24-22-18(26)10-8-6-4-2/h11-14H,3-10H2,1-2H3,(H,21,25)(H,22,26)(H,23,27)(H,24,28). The molecule has 0 aromatic heterocycles. The smallest absolute Gasteiger partial charge is 0.269 e. The number of amides is 4. The van der Waals surface area contributed by atoms with Gasteiger partial charge in [0.05, 0.1) is 0 Å². The van der Waals surface area contributed by atoms with Crippen molar-refractivity contribution in [2.24, 2.45) is 0 Å². The minimum atomic E-state index is -0.472. The van der Waals surface area contributed by atoms with Gasteiger partial charge in [-0.25, -0.2) is 0 Å². The quantitative estimate of drug-likeness (QED) is 0.362. The van der Waals surface area contributed by atoms with Gasteiger partial charge in [-0.05, 0) is 37.1 Å². The molecule has 4 N–H and O–H groups in total. The van der Waals surface area contributed by atoms with Crippen molar-refractivity contribution in [2.45, 2.75) is 65.2 Å². The van der Waals surface area contributed by atoms with Crippen LogP contribution in [-0.2, 0) is 9.59 Å². The first-order valence-electron chi connectivity index (χ1n) is 9.76. The first kappa shape index (κ1) is 23.1. The Balaban J connectivity index is 2.40. The van der Waals surface area contributed by atoms with Crippen molar-refractivity contribution < 1.29 is 19.2 Å². The highest BCUT2D eigenvalue weighted by molar-refractivity contribution is 5.98. The molecule has 0 unspecified atom stereocenters. The van der Waals surface area contributed by atoms with E-state index >= 15 is 0 Å². The molecule has 0 saturated heterocycles. The average molecular weight is 390 g/mol. The van der Waals surface area contributed by atoms with Gasteiger partial charge in [0.2, 0.25) is 11.8 Å². The van der Waals surface area contributed by atoms with Gasteiger partial charge >= 0.3 is 0 Å². The predicted molar refractivity (Wildman–Crippen MR) is 106 cm³/mol. The molecule has 1 aromatic carbocycles. The van der Waals surface area contributed by atoms with Crippen LogP contribution in [0, 0.1) is 0 Å². The zero-order valence-electron chi connectivity index (χ0n) is 16.6. The van der Waals surface area contributed by atoms with Crippen LogP contribution in [0.1, 0.15) is 85.9 Å². The van der Waals surface area contributed by atoms with Gasteiger partial charge in [0.1, 0.15) is 0 Å². The number of benzene rings is 1. The molecule has 0 atom stereocenters. The van der Waals surface area contributed by atoms with E-state index in [2.05, 4.69) is 21.7 Å². The third-order valence-corrected chi connectivity index (χ3v) is 4.05. The fraction of sp³-hybridized carbons (Fsp3) is 0.500. The van der Waals surface area contributed by atoms with Crippen LogP contribution in [0.25, 0.3) is 0 Å². The van der Waals surface area contributed by atoms with Crippen LogP contribution in [0.15, 0.2) is 24.3 Å². The number of carbonyl (C=O) groups is 4. The van der Waals surface area contributed by atoms with Crippen LogP contribution in [0.4, 0.5) is 0 Å². The monoisotopic (exact) mass is 390 g/mol. The summed E-state index contributed by atoms with van der Waals surface area (Å²) in [6.45, 7) is 4.09. The van der Waals surface area contributed by atoms with E-state index in [0.717, 1.165) is 38.5 Å². The van der Waals surface area contributed by atoms with E-state index in [1.54, 1.807) is 0 Å². The Kier molecular flexibility index (Phi) is 11.0. The van der Waals surface area contributed by atoms with Crippen molar-refractivity contribution in [2.75, 3.05) is 0 Å². The van der Waals surface area contributed by atoms with E-state index in [0.29, 0.717) is 24.0 Å². The Hall–Kier alpha value is -2.90. The molecule has 0 spiro atoms. The molecule has 0 heterocycles. The number of rotatable bonds is 10. The molecule has 28 heavy (non-hydrogen) atoms. The molecule has 0 aliphatic rings. The lowest BCUT2D eigenvalue weighted by Crippen LogP contribution is -2.42. The normalized spacial score (nSPS) is 10.1. The second-order valence-corrected chi connectivity index (χ2v) is 6.50. The molecule has 154 valence electrons. The summed E-state index contributed by atoms with van der Waals surface area (Å²) in [5.41, 5.74) is 10.0. The van der Waals surface area contributed by atoms with Crippen molar-refractivity contribution in [3.63, 3.8) is 0 Å². The minimum absolute atomic E-state index is 0.243. The Morgan fingerprint density at radius 1 is 0.607 bits per heavy atom. The maximum atomic E-state index is 12.0. The molecule has 0 saturated carbocycles. The summed E-state index contributed by atoms with van der Waals surface area (Å²) < 4.78 is 0. The third kappa shape index (κ3) is 9.16. The zero-order valence-corrected chi connectivity index (χ0v) is 16.6. The van der Waals surface area contributed by atoms with Gasteiger partial charge < -0.3 is 0 Å². The van der Waals surface area contributed by atoms with Crippen LogP contribution < -0.4 is 21.7 Å². The van der Waals surface area contributed by atoms with Gasteiger partial charge in [-0.15, -0.1) is 0 Å². The molecule has 8 nitrogen and oxygen atoms in total. The number of hydrazine groups is 2. The van der Waals surface area contributed by atoms with Crippen molar-refractivity contribution in [1.82, 2.24) is 21.7 Å². The maximum absolute atomic E-state index is 12.0. The molecule has 0 aliphatic carbocycles. The molecule has 4 amide bonds. The predicted octanol–water partition coefficient (Wildman–Crippen LogP) is 2.37. The molecule has 0 fully saturated rings. The first-order chi connectivity index (χ1) is 13.5. The molecular weight excluding hydrogens is 360 g/mol. The lowest BCUT2D eigenvalue weighted by atomic mass is 10.1. The highest BCUT2D eigenvalue weighted by Crippen LogP contribution is 2.04. The van der Waals surface area contributed by atoms with Gasteiger partial charge in [0.15, 0.2) is 0 Å². The molecule has 1 aromatic rings. The SMILES string of the molecule is CCCCCC(=O)NNC(=O)c1ccc(C(=O)NNC(=O)CCCCC)cc1. The fourth-order valence-corrected chi connectivity index (χ4v) is 2.37. The summed E-state index contributed by atoms with van der Waals surface area (Å²) in [6, 6.07) is 5.88. The number of carbonyl (C=O) groups excluding carboxylic acids is 4. The van der Waals surface area contributed by atoms with Crippen molar-refractivity contribution in [1.29, 1.82) is 0 Å². The van der Waals surface area contributed by atoms with Crippen LogP contribution in [0.3, 0.4) is 0 Å². The van der Waals surface area contributed by atoms with Crippen molar-refractivity contribution >= 4 is 23.6 Å². The van der Waals surface area contributed by atoms with Gasteiger partial charge in [0.25, 0.3) is 11.8 Å². The number of hydrogen-bond donors (Lipinski definition) is 4. The van der Waals surface area contributed by atoms with Crippen LogP contribution in [0.2, 0.25) is 0 Å². The van der Waals surface area contributed by atoms with Gasteiger partial charge in [0, 0.05) is 24.0 Å². The lowest BCUT2D eigenvalue weighted by molar-refractivity contribution is -0.122. The summed E-state index contributed by atoms with van der Waals surface area (Å²) in [6.07, 6.45) is 6.22. The largest absolute Gasteiger partial charge is 0.273 e. The zero-order chi connectivity index (χ0) is 20.8. The van der Waals surface area contributed by atoms with E-state index in [1.807, 2.05) is 13.8 Å². The average Bonchev–Trinajstić information content (AvgIpc) is 2.70. The van der Waals surface area contributed by atoms with Crippen LogP contribution >= 0.6 is 0 Å². The van der Waals surface area contributed by atoms with E-state index in [-0.39, 0.29) is 11.8 Å². The fourth-order valence-electron chi connectivity index (χ4n) is 2.37. The Bertz CT molecular complexity index is 602. The Labute approximate surface area is 165 Å². The van der Waals surface area contributed by atoms with Crippen molar-refractivity contribution in [3.8, 4) is 0 Å². The van der Waals surface area contributed by atoms with E-state index in [1.165, 1.54) is 24.3 Å². The van der Waals surface area contributed by atoms with Crippen LogP contribution in [0.5, 0.6) is 0 Å². The second kappa shape index (κ2) is 13.3. The highest BCUT2D eigenvalue weighted by atomic mass is 16.2. The summed E-state index contributed by atoms with van der Waals surface area (Å²) in [7, 11) is 0. The Morgan fingerprint density at radius 3 is 1.29 bits per heavy atom. The Morgan fingerprint density at radius 2 is 0.964 bits per heavy atom. The number of nitrogens with one attached hydrogen (secondary N) is 4. The summed E-state index contributed by atoms with van der Waals surface area (Å²) in [4.78, 5) is 47.2. The topological polar surface area (TPSA) is 116 Å². The van der Waals surface area contributed by atoms with Gasteiger partial charge in [-0.2, -0.15) is 0 Å². The minimum Gasteiger partial charge on any atom is -0.273 e. The molecule has 0 bridgehead atoms. The second-order valence-electron chi connectivity index (χ2n) is 6.50. The highest BCUT2D eigenvalue weighted by Gasteiger charge is 2.10.